The average molecular weight is 471 g/mol. The quantitative estimate of drug-likeness (QED) is 0.301. The lowest BCUT2D eigenvalue weighted by molar-refractivity contribution is -0.387. The zero-order chi connectivity index (χ0) is 23.4. The molecule has 1 aromatic heterocycles. The molecule has 1 amide bonds. The number of nitrogens with zero attached hydrogens (tertiary/aromatic N) is 5. The van der Waals surface area contributed by atoms with Crippen molar-refractivity contribution in [3.8, 4) is 5.69 Å². The SMILES string of the molecule is CC(Sc1nnc(CN2CCCC2)n1-c1ccccc1)C(=O)Nc1ccc(F)c([N+](=O)[O-])c1. The zero-order valence-electron chi connectivity index (χ0n) is 18.0. The highest BCUT2D eigenvalue weighted by Gasteiger charge is 2.24. The number of aromatic nitrogens is 3. The predicted octanol–water partition coefficient (Wildman–Crippen LogP) is 4.03. The van der Waals surface area contributed by atoms with Gasteiger partial charge in [-0.15, -0.1) is 10.2 Å². The Labute approximate surface area is 194 Å². The number of carbonyl (C=O) groups is 1. The molecular weight excluding hydrogens is 447 g/mol. The number of para-hydroxylation sites is 1. The number of rotatable bonds is 8. The topological polar surface area (TPSA) is 106 Å². The molecular formula is C22H23FN6O3S. The molecule has 1 fully saturated rings. The summed E-state index contributed by atoms with van der Waals surface area (Å²) in [6.45, 7) is 4.42. The number of halogens is 1. The van der Waals surface area contributed by atoms with Crippen molar-refractivity contribution in [2.45, 2.75) is 36.7 Å². The second-order valence-electron chi connectivity index (χ2n) is 7.73. The fourth-order valence-electron chi connectivity index (χ4n) is 3.64. The fourth-order valence-corrected chi connectivity index (χ4v) is 4.53. The number of nitro groups is 1. The van der Waals surface area contributed by atoms with Crippen LogP contribution in [0.1, 0.15) is 25.6 Å². The van der Waals surface area contributed by atoms with Gasteiger partial charge in [-0.2, -0.15) is 4.39 Å². The van der Waals surface area contributed by atoms with Gasteiger partial charge in [-0.25, -0.2) is 0 Å². The van der Waals surface area contributed by atoms with Crippen molar-refractivity contribution < 1.29 is 14.1 Å². The minimum absolute atomic E-state index is 0.153. The Bertz CT molecular complexity index is 1150. The van der Waals surface area contributed by atoms with Gasteiger partial charge in [0.15, 0.2) is 11.0 Å². The van der Waals surface area contributed by atoms with Gasteiger partial charge >= 0.3 is 5.69 Å². The van der Waals surface area contributed by atoms with E-state index in [-0.39, 0.29) is 11.6 Å². The third-order valence-corrected chi connectivity index (χ3v) is 6.38. The highest BCUT2D eigenvalue weighted by molar-refractivity contribution is 8.00. The Morgan fingerprint density at radius 2 is 1.94 bits per heavy atom. The third-order valence-electron chi connectivity index (χ3n) is 5.34. The zero-order valence-corrected chi connectivity index (χ0v) is 18.8. The molecule has 0 spiro atoms. The van der Waals surface area contributed by atoms with Gasteiger partial charge in [-0.3, -0.25) is 24.4 Å². The van der Waals surface area contributed by atoms with Crippen molar-refractivity contribution in [2.75, 3.05) is 18.4 Å². The van der Waals surface area contributed by atoms with E-state index in [1.54, 1.807) is 6.92 Å². The van der Waals surface area contributed by atoms with Crippen LogP contribution in [-0.2, 0) is 11.3 Å². The van der Waals surface area contributed by atoms with Gasteiger partial charge in [-0.05, 0) is 57.1 Å². The number of anilines is 1. The number of nitro benzene ring substituents is 1. The molecule has 0 saturated carbocycles. The molecule has 2 aromatic carbocycles. The van der Waals surface area contributed by atoms with Gasteiger partial charge in [-0.1, -0.05) is 30.0 Å². The Morgan fingerprint density at radius 1 is 1.21 bits per heavy atom. The second kappa shape index (κ2) is 10.1. The molecule has 1 atom stereocenters. The fraction of sp³-hybridized carbons (Fsp3) is 0.318. The summed E-state index contributed by atoms with van der Waals surface area (Å²) in [5.74, 6) is -0.543. The third kappa shape index (κ3) is 5.37. The van der Waals surface area contributed by atoms with Crippen LogP contribution in [0.3, 0.4) is 0 Å². The summed E-state index contributed by atoms with van der Waals surface area (Å²) in [7, 11) is 0. The van der Waals surface area contributed by atoms with Crippen LogP contribution in [0.4, 0.5) is 15.8 Å². The van der Waals surface area contributed by atoms with Crippen molar-refractivity contribution in [3.05, 3.63) is 70.3 Å². The molecule has 0 bridgehead atoms. The Morgan fingerprint density at radius 3 is 2.64 bits per heavy atom. The lowest BCUT2D eigenvalue weighted by Gasteiger charge is -2.17. The Hall–Kier alpha value is -3.31. The molecule has 33 heavy (non-hydrogen) atoms. The van der Waals surface area contributed by atoms with Crippen LogP contribution in [0.5, 0.6) is 0 Å². The van der Waals surface area contributed by atoms with Crippen molar-refractivity contribution in [2.24, 2.45) is 0 Å². The summed E-state index contributed by atoms with van der Waals surface area (Å²) < 4.78 is 15.5. The number of benzene rings is 2. The lowest BCUT2D eigenvalue weighted by atomic mass is 10.2. The first-order valence-electron chi connectivity index (χ1n) is 10.6. The molecule has 2 heterocycles. The van der Waals surface area contributed by atoms with Crippen LogP contribution in [0, 0.1) is 15.9 Å². The smallest absolute Gasteiger partial charge is 0.306 e. The van der Waals surface area contributed by atoms with E-state index in [0.29, 0.717) is 11.7 Å². The van der Waals surface area contributed by atoms with E-state index in [0.717, 1.165) is 36.7 Å². The maximum Gasteiger partial charge on any atom is 0.306 e. The molecule has 11 heteroatoms. The number of amides is 1. The van der Waals surface area contributed by atoms with E-state index in [4.69, 9.17) is 0 Å². The van der Waals surface area contributed by atoms with E-state index < -0.39 is 21.7 Å². The normalized spacial score (nSPS) is 14.8. The van der Waals surface area contributed by atoms with Crippen molar-refractivity contribution in [1.29, 1.82) is 0 Å². The minimum atomic E-state index is -0.957. The average Bonchev–Trinajstić information content (AvgIpc) is 3.45. The summed E-state index contributed by atoms with van der Waals surface area (Å²) in [6.07, 6.45) is 2.33. The molecule has 4 rings (SSSR count). The first-order valence-corrected chi connectivity index (χ1v) is 11.4. The summed E-state index contributed by atoms with van der Waals surface area (Å²) >= 11 is 1.24. The molecule has 1 aliphatic heterocycles. The number of hydrogen-bond acceptors (Lipinski definition) is 7. The van der Waals surface area contributed by atoms with Gasteiger partial charge in [0.05, 0.1) is 16.7 Å². The Kier molecular flexibility index (Phi) is 6.99. The molecule has 9 nitrogen and oxygen atoms in total. The highest BCUT2D eigenvalue weighted by atomic mass is 32.2. The summed E-state index contributed by atoms with van der Waals surface area (Å²) in [5, 5.41) is 22.3. The molecule has 1 unspecified atom stereocenters. The van der Waals surface area contributed by atoms with Crippen molar-refractivity contribution in [1.82, 2.24) is 19.7 Å². The maximum atomic E-state index is 13.6. The number of carbonyl (C=O) groups excluding carboxylic acids is 1. The summed E-state index contributed by atoms with van der Waals surface area (Å²) in [6, 6.07) is 13.0. The van der Waals surface area contributed by atoms with E-state index >= 15 is 0 Å². The Balaban J connectivity index is 1.53. The largest absolute Gasteiger partial charge is 0.325 e. The van der Waals surface area contributed by atoms with E-state index in [2.05, 4.69) is 20.4 Å². The van der Waals surface area contributed by atoms with Crippen LogP contribution in [0.15, 0.2) is 53.7 Å². The molecule has 1 N–H and O–H groups in total. The van der Waals surface area contributed by atoms with Gasteiger partial charge in [0.25, 0.3) is 0 Å². The van der Waals surface area contributed by atoms with Gasteiger partial charge in [0, 0.05) is 17.4 Å². The van der Waals surface area contributed by atoms with Crippen molar-refractivity contribution >= 4 is 29.0 Å². The molecule has 1 saturated heterocycles. The van der Waals surface area contributed by atoms with Gasteiger partial charge in [0.1, 0.15) is 0 Å². The van der Waals surface area contributed by atoms with Gasteiger partial charge < -0.3 is 5.32 Å². The molecule has 1 aliphatic rings. The maximum absolute atomic E-state index is 13.6. The minimum Gasteiger partial charge on any atom is -0.325 e. The van der Waals surface area contributed by atoms with Crippen LogP contribution in [0.2, 0.25) is 0 Å². The first kappa shape index (κ1) is 22.9. The van der Waals surface area contributed by atoms with Crippen LogP contribution < -0.4 is 5.32 Å². The molecule has 0 aliphatic carbocycles. The van der Waals surface area contributed by atoms with E-state index in [1.807, 2.05) is 34.9 Å². The lowest BCUT2D eigenvalue weighted by Crippen LogP contribution is -2.23. The van der Waals surface area contributed by atoms with Crippen LogP contribution in [-0.4, -0.2) is 48.8 Å². The van der Waals surface area contributed by atoms with Crippen LogP contribution >= 0.6 is 11.8 Å². The first-order chi connectivity index (χ1) is 15.9. The van der Waals surface area contributed by atoms with Crippen LogP contribution in [0.25, 0.3) is 5.69 Å². The molecule has 172 valence electrons. The summed E-state index contributed by atoms with van der Waals surface area (Å²) in [4.78, 5) is 25.2. The second-order valence-corrected chi connectivity index (χ2v) is 9.03. The van der Waals surface area contributed by atoms with Crippen molar-refractivity contribution in [3.63, 3.8) is 0 Å². The monoisotopic (exact) mass is 470 g/mol. The number of likely N-dealkylation sites (tertiary alicyclic amines) is 1. The predicted molar refractivity (Wildman–Crippen MR) is 123 cm³/mol. The van der Waals surface area contributed by atoms with E-state index in [9.17, 15) is 19.3 Å². The molecule has 3 aromatic rings. The molecule has 0 radical (unpaired) electrons. The van der Waals surface area contributed by atoms with Gasteiger partial charge in [0.2, 0.25) is 11.7 Å². The van der Waals surface area contributed by atoms with E-state index in [1.165, 1.54) is 30.7 Å². The number of thioether (sulfide) groups is 1. The number of nitrogens with one attached hydrogen (secondary N) is 1. The highest BCUT2D eigenvalue weighted by Crippen LogP contribution is 2.28. The summed E-state index contributed by atoms with van der Waals surface area (Å²) in [5.41, 5.74) is 0.365. The standard InChI is InChI=1S/C22H23FN6O3S/c1-15(21(30)24-16-9-10-18(23)19(13-16)29(31)32)33-22-26-25-20(14-27-11-5-6-12-27)28(22)17-7-3-2-4-8-17/h2-4,7-10,13,15H,5-6,11-12,14H2,1H3,(H,24,30). The number of hydrogen-bond donors (Lipinski definition) is 1.